The Labute approximate surface area is 197 Å². The SMILES string of the molecule is CC[C@@H](C)[C@@H](NS(=O)(=O)c1ccc(C)cc1)C(=O)N1CCOCCOCCOCCOCC1. The summed E-state index contributed by atoms with van der Waals surface area (Å²) in [5, 5.41) is 0. The Hall–Kier alpha value is -1.56. The van der Waals surface area contributed by atoms with Crippen LogP contribution in [0.2, 0.25) is 0 Å². The number of rotatable bonds is 6. The fourth-order valence-corrected chi connectivity index (χ4v) is 4.54. The van der Waals surface area contributed by atoms with E-state index >= 15 is 0 Å². The molecule has 0 saturated carbocycles. The Kier molecular flexibility index (Phi) is 12.3. The molecule has 2 rings (SSSR count). The number of carbonyl (C=O) groups excluding carboxylic acids is 1. The third-order valence-electron chi connectivity index (χ3n) is 5.53. The Balaban J connectivity index is 2.12. The quantitative estimate of drug-likeness (QED) is 0.651. The lowest BCUT2D eigenvalue weighted by atomic mass is 9.99. The highest BCUT2D eigenvalue weighted by Crippen LogP contribution is 2.16. The van der Waals surface area contributed by atoms with E-state index in [0.717, 1.165) is 5.56 Å². The van der Waals surface area contributed by atoms with E-state index in [1.54, 1.807) is 29.2 Å². The van der Waals surface area contributed by atoms with Crippen LogP contribution in [-0.4, -0.2) is 91.2 Å². The molecule has 1 saturated heterocycles. The first-order valence-electron chi connectivity index (χ1n) is 11.5. The monoisotopic (exact) mass is 486 g/mol. The molecule has 1 aliphatic rings. The number of aryl methyl sites for hydroxylation is 1. The summed E-state index contributed by atoms with van der Waals surface area (Å²) in [6.45, 7) is 9.69. The molecule has 0 spiro atoms. The minimum atomic E-state index is -3.86. The van der Waals surface area contributed by atoms with E-state index in [1.165, 1.54) is 0 Å². The van der Waals surface area contributed by atoms with Crippen molar-refractivity contribution in [3.8, 4) is 0 Å². The van der Waals surface area contributed by atoms with Gasteiger partial charge >= 0.3 is 0 Å². The molecule has 33 heavy (non-hydrogen) atoms. The summed E-state index contributed by atoms with van der Waals surface area (Å²) in [5.41, 5.74) is 0.959. The van der Waals surface area contributed by atoms with Crippen LogP contribution in [0, 0.1) is 12.8 Å². The molecule has 2 atom stereocenters. The average molecular weight is 487 g/mol. The molecule has 0 radical (unpaired) electrons. The molecule has 1 amide bonds. The van der Waals surface area contributed by atoms with Gasteiger partial charge in [0.25, 0.3) is 0 Å². The first-order valence-corrected chi connectivity index (χ1v) is 13.0. The highest BCUT2D eigenvalue weighted by molar-refractivity contribution is 7.89. The summed E-state index contributed by atoms with van der Waals surface area (Å²) in [6, 6.07) is 5.67. The van der Waals surface area contributed by atoms with E-state index in [9.17, 15) is 13.2 Å². The Morgan fingerprint density at radius 2 is 1.36 bits per heavy atom. The largest absolute Gasteiger partial charge is 0.377 e. The molecule has 0 unspecified atom stereocenters. The zero-order chi connectivity index (χ0) is 24.1. The van der Waals surface area contributed by atoms with Gasteiger partial charge in [0.15, 0.2) is 0 Å². The highest BCUT2D eigenvalue weighted by Gasteiger charge is 2.32. The molecule has 1 aromatic rings. The molecule has 10 heteroatoms. The van der Waals surface area contributed by atoms with Crippen molar-refractivity contribution in [3.05, 3.63) is 29.8 Å². The average Bonchev–Trinajstić information content (AvgIpc) is 2.81. The molecule has 1 fully saturated rings. The molecule has 1 aliphatic heterocycles. The second kappa shape index (κ2) is 14.6. The maximum Gasteiger partial charge on any atom is 0.241 e. The minimum absolute atomic E-state index is 0.137. The van der Waals surface area contributed by atoms with Gasteiger partial charge in [-0.3, -0.25) is 4.79 Å². The first-order chi connectivity index (χ1) is 15.8. The summed E-state index contributed by atoms with van der Waals surface area (Å²) in [7, 11) is -3.86. The number of benzene rings is 1. The third kappa shape index (κ3) is 9.68. The summed E-state index contributed by atoms with van der Waals surface area (Å²) in [4.78, 5) is 15.2. The minimum Gasteiger partial charge on any atom is -0.377 e. The van der Waals surface area contributed by atoms with Crippen LogP contribution in [0.4, 0.5) is 0 Å². The standard InChI is InChI=1S/C23H38N2O7S/c1-4-20(3)22(24-33(27,28)21-7-5-19(2)6-8-21)23(26)25-9-11-29-13-15-31-17-18-32-16-14-30-12-10-25/h5-8,20,22,24H,4,9-18H2,1-3H3/t20-,22-/m1/s1. The predicted molar refractivity (Wildman–Crippen MR) is 125 cm³/mol. The van der Waals surface area contributed by atoms with E-state index in [1.807, 2.05) is 20.8 Å². The van der Waals surface area contributed by atoms with Crippen molar-refractivity contribution >= 4 is 15.9 Å². The molecular formula is C23H38N2O7S. The van der Waals surface area contributed by atoms with Crippen LogP contribution in [0.5, 0.6) is 0 Å². The zero-order valence-corrected chi connectivity index (χ0v) is 20.8. The second-order valence-electron chi connectivity index (χ2n) is 8.07. The van der Waals surface area contributed by atoms with E-state index in [-0.39, 0.29) is 16.7 Å². The molecule has 0 bridgehead atoms. The van der Waals surface area contributed by atoms with Gasteiger partial charge in [0.05, 0.1) is 57.8 Å². The van der Waals surface area contributed by atoms with Crippen LogP contribution in [0.25, 0.3) is 0 Å². The topological polar surface area (TPSA) is 103 Å². The van der Waals surface area contributed by atoms with E-state index < -0.39 is 16.1 Å². The van der Waals surface area contributed by atoms with Crippen LogP contribution in [0.1, 0.15) is 25.8 Å². The molecule has 9 nitrogen and oxygen atoms in total. The third-order valence-corrected chi connectivity index (χ3v) is 6.99. The van der Waals surface area contributed by atoms with Crippen molar-refractivity contribution < 1.29 is 32.2 Å². The van der Waals surface area contributed by atoms with Crippen molar-refractivity contribution in [1.82, 2.24) is 9.62 Å². The van der Waals surface area contributed by atoms with Gasteiger partial charge in [-0.05, 0) is 25.0 Å². The summed E-state index contributed by atoms with van der Waals surface area (Å²) in [5.74, 6) is -0.484. The lowest BCUT2D eigenvalue weighted by Crippen LogP contribution is -2.53. The van der Waals surface area contributed by atoms with Crippen LogP contribution >= 0.6 is 0 Å². The Morgan fingerprint density at radius 3 is 1.82 bits per heavy atom. The number of sulfonamides is 1. The number of hydrogen-bond acceptors (Lipinski definition) is 7. The van der Waals surface area contributed by atoms with Crippen molar-refractivity contribution in [2.24, 2.45) is 5.92 Å². The van der Waals surface area contributed by atoms with Crippen LogP contribution < -0.4 is 4.72 Å². The number of amides is 1. The van der Waals surface area contributed by atoms with Gasteiger partial charge in [-0.2, -0.15) is 4.72 Å². The number of nitrogens with zero attached hydrogens (tertiary/aromatic N) is 1. The maximum absolute atomic E-state index is 13.5. The van der Waals surface area contributed by atoms with Gasteiger partial charge in [-0.25, -0.2) is 8.42 Å². The van der Waals surface area contributed by atoms with Crippen molar-refractivity contribution in [3.63, 3.8) is 0 Å². The predicted octanol–water partition coefficient (Wildman–Crippen LogP) is 1.60. The van der Waals surface area contributed by atoms with Gasteiger partial charge in [0.2, 0.25) is 15.9 Å². The van der Waals surface area contributed by atoms with Crippen molar-refractivity contribution in [1.29, 1.82) is 0 Å². The van der Waals surface area contributed by atoms with Crippen LogP contribution in [0.3, 0.4) is 0 Å². The van der Waals surface area contributed by atoms with Crippen molar-refractivity contribution in [2.75, 3.05) is 65.9 Å². The van der Waals surface area contributed by atoms with E-state index in [2.05, 4.69) is 4.72 Å². The summed E-state index contributed by atoms with van der Waals surface area (Å²) < 4.78 is 50.7. The van der Waals surface area contributed by atoms with Gasteiger partial charge in [0.1, 0.15) is 6.04 Å². The lowest BCUT2D eigenvalue weighted by molar-refractivity contribution is -0.136. The van der Waals surface area contributed by atoms with Gasteiger partial charge in [0, 0.05) is 13.1 Å². The summed E-state index contributed by atoms with van der Waals surface area (Å²) >= 11 is 0. The number of ether oxygens (including phenoxy) is 4. The fraction of sp³-hybridized carbons (Fsp3) is 0.696. The van der Waals surface area contributed by atoms with Gasteiger partial charge in [-0.15, -0.1) is 0 Å². The fourth-order valence-electron chi connectivity index (χ4n) is 3.24. The Bertz CT molecular complexity index is 786. The molecule has 1 aromatic carbocycles. The molecule has 188 valence electrons. The van der Waals surface area contributed by atoms with Gasteiger partial charge in [-0.1, -0.05) is 38.0 Å². The normalized spacial score (nSPS) is 19.8. The maximum atomic E-state index is 13.5. The lowest BCUT2D eigenvalue weighted by Gasteiger charge is -2.30. The van der Waals surface area contributed by atoms with E-state index in [0.29, 0.717) is 72.4 Å². The highest BCUT2D eigenvalue weighted by atomic mass is 32.2. The molecule has 1 heterocycles. The number of hydrogen-bond donors (Lipinski definition) is 1. The van der Waals surface area contributed by atoms with E-state index in [4.69, 9.17) is 18.9 Å². The van der Waals surface area contributed by atoms with Gasteiger partial charge < -0.3 is 23.8 Å². The molecule has 0 aromatic heterocycles. The summed E-state index contributed by atoms with van der Waals surface area (Å²) in [6.07, 6.45) is 0.641. The number of nitrogens with one attached hydrogen (secondary N) is 1. The number of carbonyl (C=O) groups is 1. The van der Waals surface area contributed by atoms with Crippen LogP contribution in [-0.2, 0) is 33.8 Å². The first kappa shape index (κ1) is 27.7. The second-order valence-corrected chi connectivity index (χ2v) is 9.79. The Morgan fingerprint density at radius 1 is 0.909 bits per heavy atom. The molecular weight excluding hydrogens is 448 g/mol. The molecule has 1 N–H and O–H groups in total. The zero-order valence-electron chi connectivity index (χ0n) is 20.0. The molecule has 0 aliphatic carbocycles. The smallest absolute Gasteiger partial charge is 0.241 e. The van der Waals surface area contributed by atoms with Crippen molar-refractivity contribution in [2.45, 2.75) is 38.1 Å². The van der Waals surface area contributed by atoms with Crippen LogP contribution in [0.15, 0.2) is 29.2 Å².